The van der Waals surface area contributed by atoms with Crippen molar-refractivity contribution in [2.45, 2.75) is 18.8 Å². The van der Waals surface area contributed by atoms with Gasteiger partial charge in [-0.15, -0.1) is 0 Å². The zero-order valence-electron chi connectivity index (χ0n) is 14.8. The molecule has 7 heteroatoms. The summed E-state index contributed by atoms with van der Waals surface area (Å²) in [5, 5.41) is 12.8. The molecule has 1 aliphatic rings. The summed E-state index contributed by atoms with van der Waals surface area (Å²) in [5.74, 6) is -0.312. The third kappa shape index (κ3) is 4.17. The first kappa shape index (κ1) is 19.0. The van der Waals surface area contributed by atoms with Crippen LogP contribution in [0.25, 0.3) is 0 Å². The number of carboxylic acid groups (broad SMARTS) is 1. The molecular formula is C20H20ClNO5. The lowest BCUT2D eigenvalue weighted by atomic mass is 9.82. The molecule has 6 nitrogen and oxygen atoms in total. The maximum absolute atomic E-state index is 12.4. The molecular weight excluding hydrogens is 370 g/mol. The molecule has 0 saturated heterocycles. The van der Waals surface area contributed by atoms with Gasteiger partial charge in [-0.2, -0.15) is 0 Å². The number of halogens is 1. The highest BCUT2D eigenvalue weighted by Gasteiger charge is 2.35. The van der Waals surface area contributed by atoms with Crippen molar-refractivity contribution in [3.63, 3.8) is 0 Å². The molecule has 0 bridgehead atoms. The molecule has 27 heavy (non-hydrogen) atoms. The normalized spacial score (nSPS) is 14.9. The van der Waals surface area contributed by atoms with Gasteiger partial charge in [0.05, 0.1) is 11.4 Å². The fourth-order valence-corrected chi connectivity index (χ4v) is 3.18. The van der Waals surface area contributed by atoms with Gasteiger partial charge in [0, 0.05) is 6.54 Å². The van der Waals surface area contributed by atoms with Crippen LogP contribution in [0.15, 0.2) is 42.5 Å². The largest absolute Gasteiger partial charge is 0.486 e. The van der Waals surface area contributed by atoms with Crippen LogP contribution in [0.1, 0.15) is 18.1 Å². The first-order chi connectivity index (χ1) is 12.9. The average Bonchev–Trinajstić information content (AvgIpc) is 2.66. The average molecular weight is 390 g/mol. The number of fused-ring (bicyclic) bond motifs is 1. The van der Waals surface area contributed by atoms with Crippen LogP contribution < -0.4 is 14.8 Å². The Morgan fingerprint density at radius 2 is 1.89 bits per heavy atom. The molecule has 0 radical (unpaired) electrons. The van der Waals surface area contributed by atoms with Gasteiger partial charge < -0.3 is 19.9 Å². The summed E-state index contributed by atoms with van der Waals surface area (Å²) in [7, 11) is 0. The minimum atomic E-state index is -1.22. The van der Waals surface area contributed by atoms with Gasteiger partial charge >= 0.3 is 5.97 Å². The number of carbonyl (C=O) groups is 2. The number of nitrogens with one attached hydrogen (secondary N) is 1. The van der Waals surface area contributed by atoms with Crippen LogP contribution in [0.4, 0.5) is 0 Å². The van der Waals surface area contributed by atoms with E-state index in [4.69, 9.17) is 21.1 Å². The maximum Gasteiger partial charge on any atom is 0.315 e. The molecule has 0 fully saturated rings. The van der Waals surface area contributed by atoms with Crippen LogP contribution in [0.2, 0.25) is 5.02 Å². The summed E-state index contributed by atoms with van der Waals surface area (Å²) in [5.41, 5.74) is 0.0696. The fraction of sp³-hybridized carbons (Fsp3) is 0.300. The van der Waals surface area contributed by atoms with E-state index < -0.39 is 11.4 Å². The van der Waals surface area contributed by atoms with E-state index in [-0.39, 0.29) is 18.9 Å². The van der Waals surface area contributed by atoms with Crippen LogP contribution in [-0.2, 0) is 21.4 Å². The second kappa shape index (κ2) is 7.88. The van der Waals surface area contributed by atoms with E-state index in [1.54, 1.807) is 43.3 Å². The van der Waals surface area contributed by atoms with Gasteiger partial charge in [-0.25, -0.2) is 0 Å². The van der Waals surface area contributed by atoms with Crippen molar-refractivity contribution in [1.82, 2.24) is 5.32 Å². The highest BCUT2D eigenvalue weighted by molar-refractivity contribution is 6.32. The third-order valence-electron chi connectivity index (χ3n) is 4.54. The number of hydrogen-bond acceptors (Lipinski definition) is 4. The standard InChI is InChI=1S/C20H20ClNO5/c1-20(19(24)25,14-5-3-2-4-6-14)12-22-17(23)11-13-9-15(21)18-16(10-13)26-7-8-27-18/h2-6,9-10H,7-8,11-12H2,1H3,(H,22,23)(H,24,25). The molecule has 142 valence electrons. The number of hydrogen-bond donors (Lipinski definition) is 2. The summed E-state index contributed by atoms with van der Waals surface area (Å²) >= 11 is 6.19. The van der Waals surface area contributed by atoms with Crippen molar-refractivity contribution in [2.24, 2.45) is 0 Å². The smallest absolute Gasteiger partial charge is 0.315 e. The Morgan fingerprint density at radius 1 is 1.19 bits per heavy atom. The van der Waals surface area contributed by atoms with Gasteiger partial charge in [0.15, 0.2) is 11.5 Å². The highest BCUT2D eigenvalue weighted by Crippen LogP contribution is 2.38. The summed E-state index contributed by atoms with van der Waals surface area (Å²) in [4.78, 5) is 24.2. The molecule has 1 atom stereocenters. The van der Waals surface area contributed by atoms with E-state index in [1.807, 2.05) is 6.07 Å². The lowest BCUT2D eigenvalue weighted by Gasteiger charge is -2.26. The van der Waals surface area contributed by atoms with Crippen molar-refractivity contribution in [3.8, 4) is 11.5 Å². The molecule has 0 saturated carbocycles. The Balaban J connectivity index is 1.69. The summed E-state index contributed by atoms with van der Waals surface area (Å²) < 4.78 is 11.0. The van der Waals surface area contributed by atoms with E-state index >= 15 is 0 Å². The number of benzene rings is 2. The van der Waals surface area contributed by atoms with Gasteiger partial charge in [-0.05, 0) is 30.2 Å². The SMILES string of the molecule is CC(CNC(=O)Cc1cc(Cl)c2c(c1)OCCO2)(C(=O)O)c1ccccc1. The lowest BCUT2D eigenvalue weighted by molar-refractivity contribution is -0.143. The van der Waals surface area contributed by atoms with Gasteiger partial charge in [0.25, 0.3) is 0 Å². The minimum absolute atomic E-state index is 0.0243. The van der Waals surface area contributed by atoms with Gasteiger partial charge in [0.1, 0.15) is 18.6 Å². The van der Waals surface area contributed by atoms with Crippen LogP contribution in [-0.4, -0.2) is 36.7 Å². The number of carbonyl (C=O) groups excluding carboxylic acids is 1. The van der Waals surface area contributed by atoms with Crippen LogP contribution in [0.5, 0.6) is 11.5 Å². The van der Waals surface area contributed by atoms with Crippen molar-refractivity contribution in [1.29, 1.82) is 0 Å². The number of aliphatic carboxylic acids is 1. The van der Waals surface area contributed by atoms with Crippen LogP contribution in [0, 0.1) is 0 Å². The first-order valence-electron chi connectivity index (χ1n) is 8.54. The van der Waals surface area contributed by atoms with Crippen molar-refractivity contribution in [3.05, 3.63) is 58.6 Å². The number of carboxylic acids is 1. The molecule has 0 spiro atoms. The predicted molar refractivity (Wildman–Crippen MR) is 101 cm³/mol. The number of amides is 1. The highest BCUT2D eigenvalue weighted by atomic mass is 35.5. The molecule has 0 aromatic heterocycles. The van der Waals surface area contributed by atoms with E-state index in [9.17, 15) is 14.7 Å². The van der Waals surface area contributed by atoms with E-state index in [0.717, 1.165) is 0 Å². The Bertz CT molecular complexity index is 855. The maximum atomic E-state index is 12.4. The zero-order valence-corrected chi connectivity index (χ0v) is 15.6. The first-order valence-corrected chi connectivity index (χ1v) is 8.91. The molecule has 1 aliphatic heterocycles. The zero-order chi connectivity index (χ0) is 19.4. The van der Waals surface area contributed by atoms with Gasteiger partial charge in [0.2, 0.25) is 5.91 Å². The number of rotatable bonds is 6. The second-order valence-electron chi connectivity index (χ2n) is 6.56. The monoisotopic (exact) mass is 389 g/mol. The van der Waals surface area contributed by atoms with E-state index in [2.05, 4.69) is 5.32 Å². The summed E-state index contributed by atoms with van der Waals surface area (Å²) in [6.07, 6.45) is 0.0564. The molecule has 2 aromatic carbocycles. The topological polar surface area (TPSA) is 84.9 Å². The predicted octanol–water partition coefficient (Wildman–Crippen LogP) is 2.81. The number of ether oxygens (including phenoxy) is 2. The van der Waals surface area contributed by atoms with Crippen LogP contribution >= 0.6 is 11.6 Å². The Morgan fingerprint density at radius 3 is 2.59 bits per heavy atom. The fourth-order valence-electron chi connectivity index (χ4n) is 2.90. The van der Waals surface area contributed by atoms with Gasteiger partial charge in [-0.1, -0.05) is 41.9 Å². The summed E-state index contributed by atoms with van der Waals surface area (Å²) in [6.45, 7) is 2.42. The molecule has 1 amide bonds. The molecule has 2 aromatic rings. The van der Waals surface area contributed by atoms with Crippen molar-refractivity contribution >= 4 is 23.5 Å². The molecule has 2 N–H and O–H groups in total. The quantitative estimate of drug-likeness (QED) is 0.793. The molecule has 0 aliphatic carbocycles. The Labute approximate surface area is 162 Å². The lowest BCUT2D eigenvalue weighted by Crippen LogP contribution is -2.44. The van der Waals surface area contributed by atoms with E-state index in [0.29, 0.717) is 40.9 Å². The van der Waals surface area contributed by atoms with Crippen molar-refractivity contribution in [2.75, 3.05) is 19.8 Å². The Hall–Kier alpha value is -2.73. The molecule has 1 heterocycles. The van der Waals surface area contributed by atoms with Gasteiger partial charge in [-0.3, -0.25) is 9.59 Å². The van der Waals surface area contributed by atoms with Crippen LogP contribution in [0.3, 0.4) is 0 Å². The minimum Gasteiger partial charge on any atom is -0.486 e. The molecule has 3 rings (SSSR count). The Kier molecular flexibility index (Phi) is 5.56. The molecule has 1 unspecified atom stereocenters. The van der Waals surface area contributed by atoms with Crippen molar-refractivity contribution < 1.29 is 24.2 Å². The van der Waals surface area contributed by atoms with E-state index in [1.165, 1.54) is 0 Å². The summed E-state index contributed by atoms with van der Waals surface area (Å²) in [6, 6.07) is 12.2. The second-order valence-corrected chi connectivity index (χ2v) is 6.97. The third-order valence-corrected chi connectivity index (χ3v) is 4.82.